The number of halogens is 1. The first-order valence-electron chi connectivity index (χ1n) is 5.25. The van der Waals surface area contributed by atoms with E-state index in [2.05, 4.69) is 15.9 Å². The van der Waals surface area contributed by atoms with Gasteiger partial charge >= 0.3 is 5.69 Å². The summed E-state index contributed by atoms with van der Waals surface area (Å²) in [5, 5.41) is 30.9. The van der Waals surface area contributed by atoms with E-state index in [4.69, 9.17) is 4.74 Å². The summed E-state index contributed by atoms with van der Waals surface area (Å²) in [7, 11) is 1.33. The van der Waals surface area contributed by atoms with Gasteiger partial charge in [0, 0.05) is 11.4 Å². The number of rotatable bonds is 6. The lowest BCUT2D eigenvalue weighted by Gasteiger charge is -2.17. The number of ether oxygens (including phenoxy) is 1. The molecule has 6 nitrogen and oxygen atoms in total. The number of methoxy groups -OCH3 is 1. The second kappa shape index (κ2) is 6.67. The van der Waals surface area contributed by atoms with Crippen LogP contribution in [-0.4, -0.2) is 33.7 Å². The van der Waals surface area contributed by atoms with Crippen molar-refractivity contribution in [2.45, 2.75) is 18.6 Å². The van der Waals surface area contributed by atoms with Crippen LogP contribution in [0.2, 0.25) is 0 Å². The molecule has 1 rings (SSSR count). The second-order valence-electron chi connectivity index (χ2n) is 3.68. The molecule has 0 saturated carbocycles. The van der Waals surface area contributed by atoms with Crippen LogP contribution in [0.25, 0.3) is 0 Å². The molecule has 2 atom stereocenters. The fourth-order valence-electron chi connectivity index (χ4n) is 1.53. The third kappa shape index (κ3) is 3.41. The normalized spacial score (nSPS) is 14.0. The van der Waals surface area contributed by atoms with Crippen molar-refractivity contribution < 1.29 is 19.9 Å². The van der Waals surface area contributed by atoms with Crippen molar-refractivity contribution in [1.82, 2.24) is 0 Å². The molecule has 0 aliphatic heterocycles. The summed E-state index contributed by atoms with van der Waals surface area (Å²) in [6, 6.07) is 4.10. The number of benzene rings is 1. The topological polar surface area (TPSA) is 92.8 Å². The SMILES string of the molecule is COc1ccc(C(O)C(O)CCBr)cc1[N+](=O)[O-]. The van der Waals surface area contributed by atoms with E-state index in [9.17, 15) is 20.3 Å². The van der Waals surface area contributed by atoms with Gasteiger partial charge in [0.05, 0.1) is 18.1 Å². The Morgan fingerprint density at radius 1 is 1.50 bits per heavy atom. The summed E-state index contributed by atoms with van der Waals surface area (Å²) >= 11 is 3.15. The van der Waals surface area contributed by atoms with Crippen molar-refractivity contribution in [3.05, 3.63) is 33.9 Å². The lowest BCUT2D eigenvalue weighted by Crippen LogP contribution is -2.18. The molecule has 0 bridgehead atoms. The maximum absolute atomic E-state index is 10.8. The van der Waals surface area contributed by atoms with Gasteiger partial charge in [0.15, 0.2) is 5.75 Å². The molecule has 100 valence electrons. The zero-order valence-corrected chi connectivity index (χ0v) is 11.3. The maximum atomic E-state index is 10.8. The first-order chi connectivity index (χ1) is 8.51. The molecule has 1 aromatic carbocycles. The minimum Gasteiger partial charge on any atom is -0.490 e. The number of aliphatic hydroxyl groups excluding tert-OH is 2. The third-order valence-corrected chi connectivity index (χ3v) is 2.97. The number of hydrogen-bond donors (Lipinski definition) is 2. The van der Waals surface area contributed by atoms with Crippen LogP contribution < -0.4 is 4.74 Å². The average molecular weight is 320 g/mol. The van der Waals surface area contributed by atoms with Crippen LogP contribution in [0.4, 0.5) is 5.69 Å². The predicted octanol–water partition coefficient (Wildman–Crippen LogP) is 1.78. The molecule has 1 aromatic rings. The maximum Gasteiger partial charge on any atom is 0.311 e. The van der Waals surface area contributed by atoms with Gasteiger partial charge in [-0.3, -0.25) is 10.1 Å². The fraction of sp³-hybridized carbons (Fsp3) is 0.455. The first-order valence-corrected chi connectivity index (χ1v) is 6.37. The quantitative estimate of drug-likeness (QED) is 0.473. The smallest absolute Gasteiger partial charge is 0.311 e. The Morgan fingerprint density at radius 2 is 2.17 bits per heavy atom. The van der Waals surface area contributed by atoms with E-state index in [0.717, 1.165) is 0 Å². The Morgan fingerprint density at radius 3 is 2.67 bits per heavy atom. The highest BCUT2D eigenvalue weighted by atomic mass is 79.9. The monoisotopic (exact) mass is 319 g/mol. The molecule has 18 heavy (non-hydrogen) atoms. The van der Waals surface area contributed by atoms with Gasteiger partial charge in [0.2, 0.25) is 0 Å². The van der Waals surface area contributed by atoms with Crippen LogP contribution in [0, 0.1) is 10.1 Å². The summed E-state index contributed by atoms with van der Waals surface area (Å²) in [5.74, 6) is 0.117. The zero-order valence-electron chi connectivity index (χ0n) is 9.75. The van der Waals surface area contributed by atoms with E-state index in [1.165, 1.54) is 25.3 Å². The van der Waals surface area contributed by atoms with E-state index >= 15 is 0 Å². The van der Waals surface area contributed by atoms with Gasteiger partial charge in [0.1, 0.15) is 6.10 Å². The summed E-state index contributed by atoms with van der Waals surface area (Å²) in [4.78, 5) is 10.2. The lowest BCUT2D eigenvalue weighted by atomic mass is 10.0. The summed E-state index contributed by atoms with van der Waals surface area (Å²) in [6.45, 7) is 0. The minimum atomic E-state index is -1.16. The molecule has 0 amide bonds. The molecule has 0 aliphatic rings. The van der Waals surface area contributed by atoms with Gasteiger partial charge in [-0.2, -0.15) is 0 Å². The molecule has 7 heteroatoms. The standard InChI is InChI=1S/C11H14BrNO5/c1-18-10-3-2-7(6-8(10)13(16)17)11(15)9(14)4-5-12/h2-3,6,9,11,14-15H,4-5H2,1H3. The lowest BCUT2D eigenvalue weighted by molar-refractivity contribution is -0.385. The van der Waals surface area contributed by atoms with Crippen molar-refractivity contribution in [2.75, 3.05) is 12.4 Å². The third-order valence-electron chi connectivity index (χ3n) is 2.51. The van der Waals surface area contributed by atoms with E-state index < -0.39 is 17.1 Å². The number of nitrogens with zero attached hydrogens (tertiary/aromatic N) is 1. The Labute approximate surface area is 112 Å². The molecule has 0 fully saturated rings. The minimum absolute atomic E-state index is 0.117. The second-order valence-corrected chi connectivity index (χ2v) is 4.47. The molecular formula is C11H14BrNO5. The number of nitro groups is 1. The van der Waals surface area contributed by atoms with Gasteiger partial charge in [-0.15, -0.1) is 0 Å². The van der Waals surface area contributed by atoms with Gasteiger partial charge < -0.3 is 14.9 Å². The summed E-state index contributed by atoms with van der Waals surface area (Å²) < 4.78 is 4.86. The van der Waals surface area contributed by atoms with E-state index in [-0.39, 0.29) is 17.0 Å². The van der Waals surface area contributed by atoms with Crippen LogP contribution in [0.15, 0.2) is 18.2 Å². The highest BCUT2D eigenvalue weighted by Crippen LogP contribution is 2.31. The van der Waals surface area contributed by atoms with Gasteiger partial charge in [-0.25, -0.2) is 0 Å². The summed E-state index contributed by atoms with van der Waals surface area (Å²) in [5.41, 5.74) is 0.0519. The number of aliphatic hydroxyl groups is 2. The van der Waals surface area contributed by atoms with Crippen LogP contribution >= 0.6 is 15.9 Å². The van der Waals surface area contributed by atoms with Crippen LogP contribution in [-0.2, 0) is 0 Å². The molecule has 0 spiro atoms. The van der Waals surface area contributed by atoms with Crippen molar-refractivity contribution in [1.29, 1.82) is 0 Å². The molecule has 0 heterocycles. The molecule has 2 unspecified atom stereocenters. The highest BCUT2D eigenvalue weighted by Gasteiger charge is 2.22. The van der Waals surface area contributed by atoms with E-state index in [1.54, 1.807) is 0 Å². The largest absolute Gasteiger partial charge is 0.490 e. The van der Waals surface area contributed by atoms with Crippen LogP contribution in [0.1, 0.15) is 18.1 Å². The molecule has 0 saturated heterocycles. The number of nitro benzene ring substituents is 1. The first kappa shape index (κ1) is 14.9. The Balaban J connectivity index is 3.04. The Hall–Kier alpha value is -1.18. The van der Waals surface area contributed by atoms with Crippen LogP contribution in [0.5, 0.6) is 5.75 Å². The van der Waals surface area contributed by atoms with Gasteiger partial charge in [0.25, 0.3) is 0 Å². The van der Waals surface area contributed by atoms with Gasteiger partial charge in [-0.05, 0) is 18.1 Å². The molecular weight excluding hydrogens is 306 g/mol. The molecule has 0 radical (unpaired) electrons. The molecule has 0 aromatic heterocycles. The van der Waals surface area contributed by atoms with Gasteiger partial charge in [-0.1, -0.05) is 22.0 Å². The van der Waals surface area contributed by atoms with Crippen LogP contribution in [0.3, 0.4) is 0 Å². The summed E-state index contributed by atoms with van der Waals surface area (Å²) in [6.07, 6.45) is -1.79. The fourth-order valence-corrected chi connectivity index (χ4v) is 1.99. The number of alkyl halides is 1. The zero-order chi connectivity index (χ0) is 13.7. The van der Waals surface area contributed by atoms with E-state index in [0.29, 0.717) is 11.8 Å². The van der Waals surface area contributed by atoms with Crippen molar-refractivity contribution in [2.24, 2.45) is 0 Å². The molecule has 2 N–H and O–H groups in total. The van der Waals surface area contributed by atoms with E-state index in [1.807, 2.05) is 0 Å². The Bertz CT molecular complexity index is 426. The van der Waals surface area contributed by atoms with Crippen molar-refractivity contribution in [3.63, 3.8) is 0 Å². The van der Waals surface area contributed by atoms with Crippen molar-refractivity contribution >= 4 is 21.6 Å². The number of hydrogen-bond acceptors (Lipinski definition) is 5. The van der Waals surface area contributed by atoms with Crippen molar-refractivity contribution in [3.8, 4) is 5.75 Å². The highest BCUT2D eigenvalue weighted by molar-refractivity contribution is 9.09. The molecule has 0 aliphatic carbocycles. The Kier molecular flexibility index (Phi) is 5.52. The average Bonchev–Trinajstić information content (AvgIpc) is 2.37. The predicted molar refractivity (Wildman–Crippen MR) is 69.0 cm³/mol.